The number of ketones is 3. The lowest BCUT2D eigenvalue weighted by Crippen LogP contribution is -2.66. The molecule has 0 aromatic heterocycles. The molecule has 3 rings (SSSR count). The normalized spacial score (nSPS) is 38.1. The van der Waals surface area contributed by atoms with Gasteiger partial charge in [0.1, 0.15) is 0 Å². The van der Waals surface area contributed by atoms with Crippen LogP contribution >= 0.6 is 0 Å². The summed E-state index contributed by atoms with van der Waals surface area (Å²) in [6, 6.07) is 0. The van der Waals surface area contributed by atoms with Crippen molar-refractivity contribution in [3.8, 4) is 0 Å². The van der Waals surface area contributed by atoms with Crippen LogP contribution in [0.1, 0.15) is 74.7 Å². The summed E-state index contributed by atoms with van der Waals surface area (Å²) in [6.45, 7) is 15.0. The Morgan fingerprint density at radius 1 is 1.11 bits per heavy atom. The smallest absolute Gasteiger partial charge is 0.177 e. The van der Waals surface area contributed by atoms with E-state index in [2.05, 4.69) is 0 Å². The lowest BCUT2D eigenvalue weighted by atomic mass is 9.43. The van der Waals surface area contributed by atoms with E-state index in [9.17, 15) is 14.4 Å². The van der Waals surface area contributed by atoms with Gasteiger partial charge in [0.15, 0.2) is 28.6 Å². The van der Waals surface area contributed by atoms with E-state index in [0.717, 1.165) is 0 Å². The quantitative estimate of drug-likeness (QED) is 0.678. The Hall–Kier alpha value is -1.33. The molecular weight excluding hydrogens is 356 g/mol. The molecule has 0 aromatic rings. The van der Waals surface area contributed by atoms with Crippen molar-refractivity contribution in [3.63, 3.8) is 0 Å². The minimum absolute atomic E-state index is 0.244. The number of Topliss-reactive ketones (excluding diaryl/α,β-unsaturated/α-hetero) is 2. The molecular formula is C23H34O5. The molecule has 0 N–H and O–H groups in total. The summed E-state index contributed by atoms with van der Waals surface area (Å²) in [7, 11) is 0. The van der Waals surface area contributed by atoms with Crippen LogP contribution in [0.25, 0.3) is 0 Å². The Bertz CT molecular complexity index is 757. The van der Waals surface area contributed by atoms with Crippen LogP contribution in [0, 0.1) is 22.2 Å². The largest absolute Gasteiger partial charge is 0.344 e. The third kappa shape index (κ3) is 2.77. The third-order valence-corrected chi connectivity index (χ3v) is 7.08. The predicted molar refractivity (Wildman–Crippen MR) is 106 cm³/mol. The molecule has 2 fully saturated rings. The number of carbonyl (C=O) groups excluding carboxylic acids is 3. The van der Waals surface area contributed by atoms with E-state index >= 15 is 0 Å². The van der Waals surface area contributed by atoms with Crippen molar-refractivity contribution in [2.75, 3.05) is 0 Å². The average molecular weight is 391 g/mol. The average Bonchev–Trinajstić information content (AvgIpc) is 2.74. The lowest BCUT2D eigenvalue weighted by Gasteiger charge is -2.55. The van der Waals surface area contributed by atoms with Gasteiger partial charge in [-0.2, -0.15) is 0 Å². The molecule has 0 spiro atoms. The summed E-state index contributed by atoms with van der Waals surface area (Å²) in [5.41, 5.74) is -3.75. The Labute approximate surface area is 168 Å². The summed E-state index contributed by atoms with van der Waals surface area (Å²) < 4.78 is 12.2. The highest BCUT2D eigenvalue weighted by molar-refractivity contribution is 6.31. The van der Waals surface area contributed by atoms with Crippen molar-refractivity contribution < 1.29 is 23.9 Å². The fraction of sp³-hybridized carbons (Fsp3) is 0.783. The maximum Gasteiger partial charge on any atom is 0.177 e. The van der Waals surface area contributed by atoms with E-state index in [1.807, 2.05) is 41.5 Å². The predicted octanol–water partition coefficient (Wildman–Crippen LogP) is 4.03. The maximum atomic E-state index is 14.0. The zero-order valence-corrected chi connectivity index (χ0v) is 18.5. The Kier molecular flexibility index (Phi) is 4.65. The standard InChI is InChI=1S/C23H34O5/c1-14(2)17(25)23-15(24)9-10-22(18(23)26,12-11-19(23,3)4)13-16-20(5,6)28-21(7,8)27-16/h9-10,14,16H,11-13H2,1-8H3/t16-,22+,23-/m0/s1. The Morgan fingerprint density at radius 2 is 1.71 bits per heavy atom. The van der Waals surface area contributed by atoms with Crippen molar-refractivity contribution in [2.45, 2.75) is 92.1 Å². The Morgan fingerprint density at radius 3 is 2.21 bits per heavy atom. The molecule has 0 aromatic carbocycles. The van der Waals surface area contributed by atoms with Gasteiger partial charge in [-0.1, -0.05) is 33.8 Å². The first-order chi connectivity index (χ1) is 12.6. The molecule has 1 aliphatic heterocycles. The minimum Gasteiger partial charge on any atom is -0.344 e. The highest BCUT2D eigenvalue weighted by atomic mass is 16.8. The minimum atomic E-state index is -1.60. The zero-order chi connectivity index (χ0) is 21.3. The first-order valence-corrected chi connectivity index (χ1v) is 10.3. The Balaban J connectivity index is 2.09. The molecule has 1 saturated carbocycles. The number of fused-ring (bicyclic) bond motifs is 2. The van der Waals surface area contributed by atoms with E-state index in [1.54, 1.807) is 19.9 Å². The zero-order valence-electron chi connectivity index (χ0n) is 18.5. The summed E-state index contributed by atoms with van der Waals surface area (Å²) in [5, 5.41) is 0. The van der Waals surface area contributed by atoms with Gasteiger partial charge in [-0.15, -0.1) is 0 Å². The third-order valence-electron chi connectivity index (χ3n) is 7.08. The number of allylic oxidation sites excluding steroid dienone is 2. The molecule has 0 unspecified atom stereocenters. The van der Waals surface area contributed by atoms with Crippen LogP contribution in [-0.4, -0.2) is 34.8 Å². The van der Waals surface area contributed by atoms with Gasteiger partial charge in [0, 0.05) is 5.92 Å². The molecule has 3 aliphatic rings. The maximum absolute atomic E-state index is 14.0. The van der Waals surface area contributed by atoms with E-state index < -0.39 is 33.6 Å². The molecule has 5 nitrogen and oxygen atoms in total. The second-order valence-corrected chi connectivity index (χ2v) is 10.8. The highest BCUT2D eigenvalue weighted by Crippen LogP contribution is 2.60. The van der Waals surface area contributed by atoms with Gasteiger partial charge in [0.2, 0.25) is 0 Å². The molecule has 3 atom stereocenters. The summed E-state index contributed by atoms with van der Waals surface area (Å²) >= 11 is 0. The van der Waals surface area contributed by atoms with Crippen molar-refractivity contribution in [3.05, 3.63) is 12.2 Å². The molecule has 2 bridgehead atoms. The summed E-state index contributed by atoms with van der Waals surface area (Å²) in [6.07, 6.45) is 4.56. The van der Waals surface area contributed by atoms with Crippen LogP contribution < -0.4 is 0 Å². The van der Waals surface area contributed by atoms with E-state index in [4.69, 9.17) is 9.47 Å². The van der Waals surface area contributed by atoms with Gasteiger partial charge in [0.25, 0.3) is 0 Å². The molecule has 0 radical (unpaired) electrons. The van der Waals surface area contributed by atoms with Gasteiger partial charge in [0.05, 0.1) is 17.1 Å². The lowest BCUT2D eigenvalue weighted by molar-refractivity contribution is -0.172. The highest BCUT2D eigenvalue weighted by Gasteiger charge is 2.70. The molecule has 2 aliphatic carbocycles. The molecule has 28 heavy (non-hydrogen) atoms. The van der Waals surface area contributed by atoms with Crippen LogP contribution in [-0.2, 0) is 23.9 Å². The second-order valence-electron chi connectivity index (χ2n) is 10.8. The van der Waals surface area contributed by atoms with Gasteiger partial charge < -0.3 is 9.47 Å². The van der Waals surface area contributed by atoms with E-state index in [0.29, 0.717) is 19.3 Å². The van der Waals surface area contributed by atoms with Gasteiger partial charge in [-0.3, -0.25) is 14.4 Å². The number of hydrogen-bond acceptors (Lipinski definition) is 5. The van der Waals surface area contributed by atoms with Gasteiger partial charge in [-0.05, 0) is 58.4 Å². The first kappa shape index (κ1) is 21.4. The van der Waals surface area contributed by atoms with Crippen LogP contribution in [0.3, 0.4) is 0 Å². The van der Waals surface area contributed by atoms with Crippen LogP contribution in [0.15, 0.2) is 12.2 Å². The van der Waals surface area contributed by atoms with Crippen molar-refractivity contribution >= 4 is 17.3 Å². The van der Waals surface area contributed by atoms with Crippen molar-refractivity contribution in [1.29, 1.82) is 0 Å². The monoisotopic (exact) mass is 390 g/mol. The number of hydrogen-bond donors (Lipinski definition) is 0. The molecule has 0 amide bonds. The van der Waals surface area contributed by atoms with E-state index in [-0.39, 0.29) is 23.5 Å². The topological polar surface area (TPSA) is 69.7 Å². The van der Waals surface area contributed by atoms with E-state index in [1.165, 1.54) is 6.08 Å². The van der Waals surface area contributed by atoms with Crippen molar-refractivity contribution in [2.24, 2.45) is 22.2 Å². The fourth-order valence-electron chi connectivity index (χ4n) is 5.57. The van der Waals surface area contributed by atoms with Crippen LogP contribution in [0.2, 0.25) is 0 Å². The fourth-order valence-corrected chi connectivity index (χ4v) is 5.57. The number of carbonyl (C=O) groups is 3. The SMILES string of the molecule is CC(C)C(=O)[C@]12C(=O)C=C[C@](C[C@@H]3OC(C)(C)OC3(C)C)(CCC1(C)C)C2=O. The summed E-state index contributed by atoms with van der Waals surface area (Å²) in [5.74, 6) is -1.99. The van der Waals surface area contributed by atoms with Crippen LogP contribution in [0.4, 0.5) is 0 Å². The van der Waals surface area contributed by atoms with Crippen LogP contribution in [0.5, 0.6) is 0 Å². The van der Waals surface area contributed by atoms with Gasteiger partial charge >= 0.3 is 0 Å². The number of ether oxygens (including phenoxy) is 2. The van der Waals surface area contributed by atoms with Crippen molar-refractivity contribution in [1.82, 2.24) is 0 Å². The summed E-state index contributed by atoms with van der Waals surface area (Å²) in [4.78, 5) is 40.5. The number of rotatable bonds is 4. The van der Waals surface area contributed by atoms with Gasteiger partial charge in [-0.25, -0.2) is 0 Å². The molecule has 1 heterocycles. The second kappa shape index (κ2) is 6.09. The molecule has 1 saturated heterocycles. The molecule has 156 valence electrons. The first-order valence-electron chi connectivity index (χ1n) is 10.3. The molecule has 5 heteroatoms.